The van der Waals surface area contributed by atoms with Crippen LogP contribution in [0, 0.1) is 0 Å². The maximum atomic E-state index is 10.5. The van der Waals surface area contributed by atoms with E-state index >= 15 is 0 Å². The Bertz CT molecular complexity index is 1380. The van der Waals surface area contributed by atoms with E-state index in [1.807, 2.05) is 42.5 Å². The summed E-state index contributed by atoms with van der Waals surface area (Å²) in [4.78, 5) is 14.5. The van der Waals surface area contributed by atoms with Crippen molar-refractivity contribution < 1.29 is 24.5 Å². The number of ether oxygens (including phenoxy) is 2. The molecule has 0 saturated heterocycles. The smallest absolute Gasteiger partial charge is 0.409 e. The Morgan fingerprint density at radius 1 is 0.816 bits per heavy atom. The van der Waals surface area contributed by atoms with Crippen LogP contribution in [0.15, 0.2) is 102 Å². The van der Waals surface area contributed by atoms with Gasteiger partial charge in [0.2, 0.25) is 0 Å². The summed E-state index contributed by atoms with van der Waals surface area (Å²) in [5.74, 6) is 1.74. The van der Waals surface area contributed by atoms with Crippen molar-refractivity contribution in [3.63, 3.8) is 0 Å². The van der Waals surface area contributed by atoms with E-state index in [0.29, 0.717) is 24.7 Å². The molecule has 7 heteroatoms. The number of hydrogen-bond acceptors (Lipinski definition) is 5. The molecule has 4 aromatic rings. The Morgan fingerprint density at radius 2 is 1.32 bits per heavy atom. The summed E-state index contributed by atoms with van der Waals surface area (Å²) in [6.45, 7) is 5.15. The molecule has 0 saturated carbocycles. The number of phenols is 1. The van der Waals surface area contributed by atoms with Crippen LogP contribution in [0.3, 0.4) is 0 Å². The number of hydrogen-bond donors (Lipinski definition) is 3. The number of aliphatic imine (C=N–C) groups is 1. The van der Waals surface area contributed by atoms with Crippen LogP contribution in [0.4, 0.5) is 10.5 Å². The SMILES string of the molecule is CC(C)(c1ccc(O)cc1)c1ccc(OCc2cccc(COc3ccc(N=CNC(=O)O)cc3)c2)cc1. The van der Waals surface area contributed by atoms with Gasteiger partial charge in [0.05, 0.1) is 12.0 Å². The van der Waals surface area contributed by atoms with Crippen molar-refractivity contribution in [2.45, 2.75) is 32.5 Å². The molecule has 7 nitrogen and oxygen atoms in total. The van der Waals surface area contributed by atoms with Gasteiger partial charge in [-0.1, -0.05) is 56.3 Å². The molecule has 0 aliphatic heterocycles. The van der Waals surface area contributed by atoms with Crippen LogP contribution in [-0.4, -0.2) is 22.6 Å². The molecule has 3 N–H and O–H groups in total. The molecule has 0 atom stereocenters. The molecule has 194 valence electrons. The molecular weight excluding hydrogens is 480 g/mol. The number of phenolic OH excluding ortho intramolecular Hbond substituents is 1. The van der Waals surface area contributed by atoms with Crippen molar-refractivity contribution in [2.75, 3.05) is 0 Å². The minimum absolute atomic E-state index is 0.203. The molecule has 0 unspecified atom stereocenters. The van der Waals surface area contributed by atoms with Crippen molar-refractivity contribution in [1.82, 2.24) is 5.32 Å². The largest absolute Gasteiger partial charge is 0.508 e. The monoisotopic (exact) mass is 510 g/mol. The molecule has 0 radical (unpaired) electrons. The number of carbonyl (C=O) groups is 1. The van der Waals surface area contributed by atoms with Gasteiger partial charge in [0.15, 0.2) is 0 Å². The van der Waals surface area contributed by atoms with Crippen LogP contribution in [-0.2, 0) is 18.6 Å². The zero-order chi connectivity index (χ0) is 27.0. The van der Waals surface area contributed by atoms with Crippen molar-refractivity contribution in [2.24, 2.45) is 4.99 Å². The number of carboxylic acid groups (broad SMARTS) is 1. The maximum absolute atomic E-state index is 10.5. The molecule has 0 aliphatic carbocycles. The Labute approximate surface area is 222 Å². The summed E-state index contributed by atoms with van der Waals surface area (Å²) >= 11 is 0. The normalized spacial score (nSPS) is 11.3. The lowest BCUT2D eigenvalue weighted by atomic mass is 9.78. The second kappa shape index (κ2) is 12.0. The highest BCUT2D eigenvalue weighted by Gasteiger charge is 2.23. The number of rotatable bonds is 10. The van der Waals surface area contributed by atoms with Crippen molar-refractivity contribution >= 4 is 18.1 Å². The van der Waals surface area contributed by atoms with E-state index in [9.17, 15) is 9.90 Å². The van der Waals surface area contributed by atoms with Gasteiger partial charge in [0, 0.05) is 5.41 Å². The Kier molecular flexibility index (Phi) is 8.28. The minimum atomic E-state index is -1.16. The Hall–Kier alpha value is -4.78. The predicted octanol–water partition coefficient (Wildman–Crippen LogP) is 6.80. The molecule has 0 aliphatic rings. The van der Waals surface area contributed by atoms with Gasteiger partial charge >= 0.3 is 6.09 Å². The Balaban J connectivity index is 1.30. The first-order chi connectivity index (χ1) is 18.3. The molecule has 38 heavy (non-hydrogen) atoms. The van der Waals surface area contributed by atoms with Crippen molar-refractivity contribution in [3.8, 4) is 17.2 Å². The molecule has 4 rings (SSSR count). The van der Waals surface area contributed by atoms with Gasteiger partial charge in [-0.2, -0.15) is 0 Å². The van der Waals surface area contributed by atoms with Crippen LogP contribution in [0.1, 0.15) is 36.1 Å². The van der Waals surface area contributed by atoms with Gasteiger partial charge in [-0.15, -0.1) is 0 Å². The first-order valence-corrected chi connectivity index (χ1v) is 12.1. The van der Waals surface area contributed by atoms with Crippen LogP contribution in [0.25, 0.3) is 0 Å². The summed E-state index contributed by atoms with van der Waals surface area (Å²) in [6.07, 6.45) is -0.0381. The average Bonchev–Trinajstić information content (AvgIpc) is 2.92. The third-order valence-corrected chi connectivity index (χ3v) is 6.21. The highest BCUT2D eigenvalue weighted by Crippen LogP contribution is 2.33. The highest BCUT2D eigenvalue weighted by molar-refractivity contribution is 5.81. The topological polar surface area (TPSA) is 100 Å². The van der Waals surface area contributed by atoms with Crippen molar-refractivity contribution in [1.29, 1.82) is 0 Å². The highest BCUT2D eigenvalue weighted by atomic mass is 16.5. The molecule has 0 aromatic heterocycles. The van der Waals surface area contributed by atoms with Crippen LogP contribution >= 0.6 is 0 Å². The predicted molar refractivity (Wildman–Crippen MR) is 148 cm³/mol. The second-order valence-corrected chi connectivity index (χ2v) is 9.30. The molecular formula is C31H30N2O5. The molecule has 0 fully saturated rings. The molecule has 0 spiro atoms. The van der Waals surface area contributed by atoms with Crippen LogP contribution in [0.2, 0.25) is 0 Å². The van der Waals surface area contributed by atoms with Gasteiger partial charge in [-0.25, -0.2) is 9.79 Å². The summed E-state index contributed by atoms with van der Waals surface area (Å²) in [6, 6.07) is 30.5. The average molecular weight is 511 g/mol. The zero-order valence-corrected chi connectivity index (χ0v) is 21.3. The van der Waals surface area contributed by atoms with Gasteiger partial charge in [-0.05, 0) is 76.9 Å². The molecule has 0 bridgehead atoms. The number of nitrogens with one attached hydrogen (secondary N) is 1. The van der Waals surface area contributed by atoms with E-state index in [1.54, 1.807) is 36.4 Å². The summed E-state index contributed by atoms with van der Waals surface area (Å²) < 4.78 is 11.9. The van der Waals surface area contributed by atoms with Gasteiger partial charge in [0.25, 0.3) is 0 Å². The fraction of sp³-hybridized carbons (Fsp3) is 0.161. The maximum Gasteiger partial charge on any atom is 0.409 e. The van der Waals surface area contributed by atoms with E-state index in [4.69, 9.17) is 14.6 Å². The molecule has 0 heterocycles. The standard InChI is InChI=1S/C31H30N2O5/c1-31(2,24-6-12-27(34)13-7-24)25-8-14-28(15-9-25)37-19-22-4-3-5-23(18-22)20-38-29-16-10-26(11-17-29)32-21-33-30(35)36/h3-18,21,34H,19-20H2,1-2H3,(H,32,33)(H,35,36). The van der Waals surface area contributed by atoms with E-state index < -0.39 is 6.09 Å². The van der Waals surface area contributed by atoms with Crippen molar-refractivity contribution in [3.05, 3.63) is 119 Å². The number of aromatic hydroxyl groups is 1. The summed E-state index contributed by atoms with van der Waals surface area (Å²) in [5, 5.41) is 20.2. The quantitative estimate of drug-likeness (QED) is 0.161. The lowest BCUT2D eigenvalue weighted by Crippen LogP contribution is -2.18. The summed E-state index contributed by atoms with van der Waals surface area (Å²) in [5.41, 5.74) is 4.75. The van der Waals surface area contributed by atoms with Gasteiger partial charge in [0.1, 0.15) is 30.5 Å². The zero-order valence-electron chi connectivity index (χ0n) is 21.3. The fourth-order valence-corrected chi connectivity index (χ4v) is 3.95. The first-order valence-electron chi connectivity index (χ1n) is 12.1. The van der Waals surface area contributed by atoms with E-state index in [-0.39, 0.29) is 11.2 Å². The van der Waals surface area contributed by atoms with Crippen LogP contribution in [0.5, 0.6) is 17.2 Å². The Morgan fingerprint density at radius 3 is 1.84 bits per heavy atom. The molecule has 1 amide bonds. The van der Waals surface area contributed by atoms with Gasteiger partial charge < -0.3 is 19.7 Å². The van der Waals surface area contributed by atoms with E-state index in [1.165, 1.54) is 0 Å². The number of nitrogens with zero attached hydrogens (tertiary/aromatic N) is 1. The number of benzene rings is 4. The fourth-order valence-electron chi connectivity index (χ4n) is 3.95. The summed E-state index contributed by atoms with van der Waals surface area (Å²) in [7, 11) is 0. The van der Waals surface area contributed by atoms with E-state index in [0.717, 1.165) is 34.3 Å². The third kappa shape index (κ3) is 7.13. The lowest BCUT2D eigenvalue weighted by molar-refractivity contribution is 0.200. The van der Waals surface area contributed by atoms with Crippen LogP contribution < -0.4 is 14.8 Å². The third-order valence-electron chi connectivity index (χ3n) is 6.21. The molecule has 4 aromatic carbocycles. The first kappa shape index (κ1) is 26.3. The minimum Gasteiger partial charge on any atom is -0.508 e. The van der Waals surface area contributed by atoms with E-state index in [2.05, 4.69) is 42.4 Å². The second-order valence-electron chi connectivity index (χ2n) is 9.30. The van der Waals surface area contributed by atoms with Gasteiger partial charge in [-0.3, -0.25) is 5.32 Å². The lowest BCUT2D eigenvalue weighted by Gasteiger charge is -2.26. The number of amides is 1.